The molecule has 0 saturated heterocycles. The van der Waals surface area contributed by atoms with Gasteiger partial charge in [0, 0.05) is 42.4 Å². The molecule has 1 aromatic heterocycles. The molecule has 0 aliphatic carbocycles. The largest absolute Gasteiger partial charge is 0.285 e. The van der Waals surface area contributed by atoms with Crippen LogP contribution >= 0.6 is 11.3 Å². The van der Waals surface area contributed by atoms with Gasteiger partial charge in [0.05, 0.1) is 0 Å². The predicted molar refractivity (Wildman–Crippen MR) is 130 cm³/mol. The Balaban J connectivity index is 1.49. The zero-order valence-corrected chi connectivity index (χ0v) is 18.1. The van der Waals surface area contributed by atoms with E-state index in [1.165, 1.54) is 11.3 Å². The molecule has 33 heavy (non-hydrogen) atoms. The Hall–Kier alpha value is -4.22. The van der Waals surface area contributed by atoms with Crippen LogP contribution in [0.25, 0.3) is 20.2 Å². The average Bonchev–Trinajstić information content (AvgIpc) is 3.25. The van der Waals surface area contributed by atoms with Crippen LogP contribution in [-0.2, 0) is 0 Å². The van der Waals surface area contributed by atoms with Gasteiger partial charge in [0.2, 0.25) is 23.1 Å². The normalized spacial score (nSPS) is 10.9. The lowest BCUT2D eigenvalue weighted by atomic mass is 9.99. The third kappa shape index (κ3) is 3.79. The number of carbonyl (C=O) groups excluding carboxylic acids is 4. The van der Waals surface area contributed by atoms with Crippen molar-refractivity contribution in [2.24, 2.45) is 0 Å². The van der Waals surface area contributed by atoms with Gasteiger partial charge in [-0.3, -0.25) is 19.2 Å². The molecule has 5 heteroatoms. The molecule has 5 aromatic rings. The first-order chi connectivity index (χ1) is 16.0. The molecule has 0 unspecified atom stereocenters. The van der Waals surface area contributed by atoms with E-state index in [1.807, 2.05) is 12.1 Å². The molecule has 1 heterocycles. The van der Waals surface area contributed by atoms with Gasteiger partial charge in [0.1, 0.15) is 0 Å². The molecule has 0 atom stereocenters. The Kier molecular flexibility index (Phi) is 5.24. The van der Waals surface area contributed by atoms with E-state index in [1.54, 1.807) is 84.9 Å². The van der Waals surface area contributed by atoms with E-state index >= 15 is 0 Å². The topological polar surface area (TPSA) is 68.3 Å². The number of benzene rings is 4. The van der Waals surface area contributed by atoms with Crippen LogP contribution in [0.2, 0.25) is 0 Å². The molecule has 0 fully saturated rings. The highest BCUT2D eigenvalue weighted by atomic mass is 32.1. The molecule has 0 bridgehead atoms. The van der Waals surface area contributed by atoms with Crippen LogP contribution in [0.15, 0.2) is 97.1 Å². The minimum Gasteiger partial charge on any atom is -0.285 e. The second kappa shape index (κ2) is 8.37. The standard InChI is InChI=1S/C28H16O4S/c29-25(17-7-3-1-4-8-17)27(31)19-11-13-21-22-14-12-20(16-24(22)33-23(21)15-19)28(32)26(30)18-9-5-2-6-10-18/h1-16H. The van der Waals surface area contributed by atoms with E-state index < -0.39 is 23.1 Å². The van der Waals surface area contributed by atoms with Gasteiger partial charge in [-0.05, 0) is 12.1 Å². The Morgan fingerprint density at radius 2 is 0.788 bits per heavy atom. The monoisotopic (exact) mass is 448 g/mol. The number of ketones is 4. The summed E-state index contributed by atoms with van der Waals surface area (Å²) in [4.78, 5) is 50.5. The number of fused-ring (bicyclic) bond motifs is 3. The Bertz CT molecular complexity index is 1450. The number of rotatable bonds is 6. The summed E-state index contributed by atoms with van der Waals surface area (Å²) >= 11 is 1.41. The molecule has 0 spiro atoms. The predicted octanol–water partition coefficient (Wildman–Crippen LogP) is 6.19. The molecular formula is C28H16O4S. The lowest BCUT2D eigenvalue weighted by molar-refractivity contribution is 0.0817. The maximum absolute atomic E-state index is 12.7. The zero-order chi connectivity index (χ0) is 22.9. The van der Waals surface area contributed by atoms with Crippen molar-refractivity contribution >= 4 is 54.6 Å². The van der Waals surface area contributed by atoms with Crippen molar-refractivity contribution in [3.63, 3.8) is 0 Å². The van der Waals surface area contributed by atoms with Crippen LogP contribution in [-0.4, -0.2) is 23.1 Å². The van der Waals surface area contributed by atoms with Crippen molar-refractivity contribution in [3.05, 3.63) is 119 Å². The molecule has 5 rings (SSSR count). The summed E-state index contributed by atoms with van der Waals surface area (Å²) in [5.74, 6) is -2.23. The minimum atomic E-state index is -0.565. The van der Waals surface area contributed by atoms with Gasteiger partial charge in [-0.2, -0.15) is 0 Å². The molecule has 0 saturated carbocycles. The van der Waals surface area contributed by atoms with Crippen molar-refractivity contribution < 1.29 is 19.2 Å². The Morgan fingerprint density at radius 1 is 0.424 bits per heavy atom. The first-order valence-electron chi connectivity index (χ1n) is 10.3. The van der Waals surface area contributed by atoms with E-state index in [4.69, 9.17) is 0 Å². The summed E-state index contributed by atoms with van der Waals surface area (Å²) < 4.78 is 1.66. The van der Waals surface area contributed by atoms with Gasteiger partial charge in [0.25, 0.3) is 0 Å². The number of thiophene rings is 1. The van der Waals surface area contributed by atoms with Gasteiger partial charge in [0.15, 0.2) is 0 Å². The first kappa shape index (κ1) is 20.7. The van der Waals surface area contributed by atoms with E-state index in [2.05, 4.69) is 0 Å². The quantitative estimate of drug-likeness (QED) is 0.230. The molecule has 0 radical (unpaired) electrons. The number of hydrogen-bond acceptors (Lipinski definition) is 5. The third-order valence-corrected chi connectivity index (χ3v) is 6.60. The summed E-state index contributed by atoms with van der Waals surface area (Å²) in [6.45, 7) is 0. The Morgan fingerprint density at radius 3 is 1.18 bits per heavy atom. The summed E-state index contributed by atoms with van der Waals surface area (Å²) in [5.41, 5.74) is 1.34. The maximum atomic E-state index is 12.7. The molecule has 0 amide bonds. The summed E-state index contributed by atoms with van der Waals surface area (Å²) in [6.07, 6.45) is 0. The maximum Gasteiger partial charge on any atom is 0.233 e. The lowest BCUT2D eigenvalue weighted by Gasteiger charge is -2.02. The summed E-state index contributed by atoms with van der Waals surface area (Å²) in [6, 6.07) is 27.3. The van der Waals surface area contributed by atoms with Crippen molar-refractivity contribution in [2.45, 2.75) is 0 Å². The van der Waals surface area contributed by atoms with E-state index in [0.29, 0.717) is 22.3 Å². The summed E-state index contributed by atoms with van der Waals surface area (Å²) in [7, 11) is 0. The smallest absolute Gasteiger partial charge is 0.233 e. The molecule has 0 aliphatic heterocycles. The van der Waals surface area contributed by atoms with Gasteiger partial charge < -0.3 is 0 Å². The first-order valence-corrected chi connectivity index (χ1v) is 11.1. The third-order valence-electron chi connectivity index (χ3n) is 5.48. The highest BCUT2D eigenvalue weighted by Crippen LogP contribution is 2.35. The minimum absolute atomic E-state index is 0.318. The van der Waals surface area contributed by atoms with Crippen LogP contribution in [0.5, 0.6) is 0 Å². The van der Waals surface area contributed by atoms with Crippen LogP contribution in [0, 0.1) is 0 Å². The fourth-order valence-corrected chi connectivity index (χ4v) is 4.95. The number of hydrogen-bond donors (Lipinski definition) is 0. The van der Waals surface area contributed by atoms with Crippen molar-refractivity contribution in [2.75, 3.05) is 0 Å². The van der Waals surface area contributed by atoms with Crippen molar-refractivity contribution in [3.8, 4) is 0 Å². The van der Waals surface area contributed by atoms with Crippen LogP contribution in [0.1, 0.15) is 41.4 Å². The van der Waals surface area contributed by atoms with Crippen molar-refractivity contribution in [1.82, 2.24) is 0 Å². The van der Waals surface area contributed by atoms with Gasteiger partial charge in [-0.1, -0.05) is 84.9 Å². The van der Waals surface area contributed by atoms with Gasteiger partial charge in [-0.25, -0.2) is 0 Å². The summed E-state index contributed by atoms with van der Waals surface area (Å²) in [5, 5.41) is 1.85. The molecule has 4 aromatic carbocycles. The van der Waals surface area contributed by atoms with Crippen molar-refractivity contribution in [1.29, 1.82) is 0 Å². The molecule has 158 valence electrons. The fraction of sp³-hybridized carbons (Fsp3) is 0. The van der Waals surface area contributed by atoms with Crippen LogP contribution < -0.4 is 0 Å². The van der Waals surface area contributed by atoms with Crippen LogP contribution in [0.3, 0.4) is 0 Å². The highest BCUT2D eigenvalue weighted by molar-refractivity contribution is 7.25. The van der Waals surface area contributed by atoms with E-state index in [-0.39, 0.29) is 0 Å². The number of Topliss-reactive ketones (excluding diaryl/α,β-unsaturated/α-hetero) is 4. The molecule has 0 N–H and O–H groups in total. The fourth-order valence-electron chi connectivity index (χ4n) is 3.76. The lowest BCUT2D eigenvalue weighted by Crippen LogP contribution is -2.14. The number of carbonyl (C=O) groups is 4. The van der Waals surface area contributed by atoms with E-state index in [0.717, 1.165) is 20.2 Å². The van der Waals surface area contributed by atoms with Gasteiger partial charge >= 0.3 is 0 Å². The molecule has 0 aliphatic rings. The molecular weight excluding hydrogens is 432 g/mol. The average molecular weight is 448 g/mol. The SMILES string of the molecule is O=C(C(=O)c1ccc2c(c1)sc1cc(C(=O)C(=O)c3ccccc3)ccc12)c1ccccc1. The van der Waals surface area contributed by atoms with Crippen LogP contribution in [0.4, 0.5) is 0 Å². The molecule has 4 nitrogen and oxygen atoms in total. The van der Waals surface area contributed by atoms with Gasteiger partial charge in [-0.15, -0.1) is 11.3 Å². The second-order valence-electron chi connectivity index (χ2n) is 7.57. The highest BCUT2D eigenvalue weighted by Gasteiger charge is 2.21. The van der Waals surface area contributed by atoms with E-state index in [9.17, 15) is 19.2 Å². The second-order valence-corrected chi connectivity index (χ2v) is 8.66. The zero-order valence-electron chi connectivity index (χ0n) is 17.3. The Labute approximate surface area is 193 Å².